The van der Waals surface area contributed by atoms with E-state index in [0.29, 0.717) is 6.04 Å². The van der Waals surface area contributed by atoms with E-state index in [1.165, 1.54) is 16.7 Å². The lowest BCUT2D eigenvalue weighted by atomic mass is 9.96. The van der Waals surface area contributed by atoms with Gasteiger partial charge >= 0.3 is 0 Å². The van der Waals surface area contributed by atoms with E-state index in [4.69, 9.17) is 0 Å². The summed E-state index contributed by atoms with van der Waals surface area (Å²) < 4.78 is 2.00. The molecule has 1 aromatic carbocycles. The summed E-state index contributed by atoms with van der Waals surface area (Å²) in [5, 5.41) is 7.72. The Morgan fingerprint density at radius 2 is 2.00 bits per heavy atom. The summed E-state index contributed by atoms with van der Waals surface area (Å²) in [6.07, 6.45) is 2.49. The van der Waals surface area contributed by atoms with E-state index in [2.05, 4.69) is 61.3 Å². The molecule has 1 heterocycles. The Kier molecular flexibility index (Phi) is 4.55. The average Bonchev–Trinajstić information content (AvgIpc) is 2.87. The Balaban J connectivity index is 2.29. The topological polar surface area (TPSA) is 42.7 Å². The smallest absolute Gasteiger partial charge is 0.138 e. The summed E-state index contributed by atoms with van der Waals surface area (Å²) in [7, 11) is 2.00. The minimum absolute atomic E-state index is 0.261. The van der Waals surface area contributed by atoms with Crippen molar-refractivity contribution >= 4 is 0 Å². The first kappa shape index (κ1) is 14.7. The van der Waals surface area contributed by atoms with Gasteiger partial charge in [0.1, 0.15) is 12.2 Å². The number of aryl methyl sites for hydroxylation is 2. The minimum atomic E-state index is 0.261. The lowest BCUT2D eigenvalue weighted by Crippen LogP contribution is -2.22. The highest BCUT2D eigenvalue weighted by Gasteiger charge is 2.17. The van der Waals surface area contributed by atoms with E-state index in [-0.39, 0.29) is 6.04 Å². The fraction of sp³-hybridized carbons (Fsp3) is 0.500. The average molecular weight is 272 g/mol. The van der Waals surface area contributed by atoms with E-state index in [9.17, 15) is 0 Å². The van der Waals surface area contributed by atoms with E-state index in [0.717, 1.165) is 12.2 Å². The lowest BCUT2D eigenvalue weighted by molar-refractivity contribution is 0.477. The maximum atomic E-state index is 4.41. The summed E-state index contributed by atoms with van der Waals surface area (Å²) in [5.74, 6) is 1.03. The van der Waals surface area contributed by atoms with E-state index < -0.39 is 0 Å². The molecular weight excluding hydrogens is 248 g/mol. The van der Waals surface area contributed by atoms with E-state index >= 15 is 0 Å². The van der Waals surface area contributed by atoms with Crippen molar-refractivity contribution < 1.29 is 0 Å². The molecule has 2 rings (SSSR count). The lowest BCUT2D eigenvalue weighted by Gasteiger charge is -2.20. The highest BCUT2D eigenvalue weighted by molar-refractivity contribution is 5.33. The Labute approximate surface area is 121 Å². The maximum Gasteiger partial charge on any atom is 0.138 e. The second-order valence-electron chi connectivity index (χ2n) is 5.62. The van der Waals surface area contributed by atoms with Crippen LogP contribution in [-0.2, 0) is 6.42 Å². The molecule has 108 valence electrons. The highest BCUT2D eigenvalue weighted by Crippen LogP contribution is 2.22. The Bertz CT molecular complexity index is 572. The number of rotatable bonds is 5. The van der Waals surface area contributed by atoms with Gasteiger partial charge in [0.2, 0.25) is 0 Å². The summed E-state index contributed by atoms with van der Waals surface area (Å²) in [4.78, 5) is 4.41. The molecule has 0 aliphatic rings. The number of nitrogens with zero attached hydrogens (tertiary/aromatic N) is 3. The fourth-order valence-corrected chi connectivity index (χ4v) is 2.54. The van der Waals surface area contributed by atoms with Crippen LogP contribution in [0.5, 0.6) is 0 Å². The van der Waals surface area contributed by atoms with Crippen molar-refractivity contribution in [3.63, 3.8) is 0 Å². The van der Waals surface area contributed by atoms with Crippen LogP contribution in [0.25, 0.3) is 0 Å². The molecule has 1 atom stereocenters. The minimum Gasteiger partial charge on any atom is -0.313 e. The fourth-order valence-electron chi connectivity index (χ4n) is 2.54. The van der Waals surface area contributed by atoms with Crippen LogP contribution in [0.15, 0.2) is 24.5 Å². The van der Waals surface area contributed by atoms with Crippen LogP contribution in [-0.4, -0.2) is 21.8 Å². The summed E-state index contributed by atoms with van der Waals surface area (Å²) in [6.45, 7) is 8.55. The molecule has 1 N–H and O–H groups in total. The number of hydrogen-bond acceptors (Lipinski definition) is 3. The summed E-state index contributed by atoms with van der Waals surface area (Å²) >= 11 is 0. The molecule has 0 saturated carbocycles. The quantitative estimate of drug-likeness (QED) is 0.910. The maximum absolute atomic E-state index is 4.41. The van der Waals surface area contributed by atoms with Gasteiger partial charge in [-0.05, 0) is 45.9 Å². The molecule has 0 aliphatic carbocycles. The molecule has 0 aliphatic heterocycles. The van der Waals surface area contributed by atoms with Gasteiger partial charge in [-0.25, -0.2) is 9.67 Å². The van der Waals surface area contributed by atoms with Crippen molar-refractivity contribution in [1.29, 1.82) is 0 Å². The van der Waals surface area contributed by atoms with Gasteiger partial charge in [-0.3, -0.25) is 0 Å². The first-order valence-electron chi connectivity index (χ1n) is 7.15. The molecule has 0 spiro atoms. The van der Waals surface area contributed by atoms with Crippen molar-refractivity contribution in [2.24, 2.45) is 0 Å². The zero-order valence-electron chi connectivity index (χ0n) is 13.0. The van der Waals surface area contributed by atoms with Gasteiger partial charge < -0.3 is 5.32 Å². The molecule has 4 nitrogen and oxygen atoms in total. The molecule has 2 aromatic rings. The normalized spacial score (nSPS) is 12.9. The second-order valence-corrected chi connectivity index (χ2v) is 5.62. The molecule has 0 radical (unpaired) electrons. The number of hydrogen-bond donors (Lipinski definition) is 1. The van der Waals surface area contributed by atoms with Crippen molar-refractivity contribution in [2.75, 3.05) is 7.05 Å². The monoisotopic (exact) mass is 272 g/mol. The Morgan fingerprint density at radius 3 is 2.65 bits per heavy atom. The summed E-state index contributed by atoms with van der Waals surface area (Å²) in [5.41, 5.74) is 3.94. The molecule has 4 heteroatoms. The predicted octanol–water partition coefficient (Wildman–Crippen LogP) is 2.98. The van der Waals surface area contributed by atoms with Crippen LogP contribution in [0.1, 0.15) is 48.4 Å². The SMILES string of the molecule is CNC(Cc1ncnn1C(C)C)c1cc(C)ccc1C. The van der Waals surface area contributed by atoms with Gasteiger partial charge in [0.25, 0.3) is 0 Å². The van der Waals surface area contributed by atoms with Crippen LogP contribution in [0.2, 0.25) is 0 Å². The van der Waals surface area contributed by atoms with Crippen molar-refractivity contribution in [1.82, 2.24) is 20.1 Å². The first-order valence-corrected chi connectivity index (χ1v) is 7.15. The van der Waals surface area contributed by atoms with E-state index in [1.54, 1.807) is 6.33 Å². The van der Waals surface area contributed by atoms with Crippen LogP contribution in [0.3, 0.4) is 0 Å². The van der Waals surface area contributed by atoms with Crippen LogP contribution >= 0.6 is 0 Å². The van der Waals surface area contributed by atoms with E-state index in [1.807, 2.05) is 11.7 Å². The molecule has 1 unspecified atom stereocenters. The second kappa shape index (κ2) is 6.18. The van der Waals surface area contributed by atoms with Gasteiger partial charge in [-0.15, -0.1) is 0 Å². The van der Waals surface area contributed by atoms with Gasteiger partial charge in [0.15, 0.2) is 0 Å². The third-order valence-electron chi connectivity index (χ3n) is 3.68. The third kappa shape index (κ3) is 3.07. The Hall–Kier alpha value is -1.68. The van der Waals surface area contributed by atoms with Crippen molar-refractivity contribution in [3.05, 3.63) is 47.0 Å². The number of likely N-dealkylation sites (N-methyl/N-ethyl adjacent to an activating group) is 1. The van der Waals surface area contributed by atoms with Crippen LogP contribution in [0.4, 0.5) is 0 Å². The standard InChI is InChI=1S/C16H24N4/c1-11(2)20-16(18-10-19-20)9-15(17-5)14-8-12(3)6-7-13(14)4/h6-8,10-11,15,17H,9H2,1-5H3. The summed E-state index contributed by atoms with van der Waals surface area (Å²) in [6, 6.07) is 7.19. The van der Waals surface area contributed by atoms with Gasteiger partial charge in [-0.2, -0.15) is 5.10 Å². The number of nitrogens with one attached hydrogen (secondary N) is 1. The predicted molar refractivity (Wildman–Crippen MR) is 81.8 cm³/mol. The Morgan fingerprint density at radius 1 is 1.25 bits per heavy atom. The first-order chi connectivity index (χ1) is 9.52. The zero-order chi connectivity index (χ0) is 14.7. The van der Waals surface area contributed by atoms with Gasteiger partial charge in [0, 0.05) is 18.5 Å². The van der Waals surface area contributed by atoms with Crippen molar-refractivity contribution in [2.45, 2.75) is 46.2 Å². The highest BCUT2D eigenvalue weighted by atomic mass is 15.3. The largest absolute Gasteiger partial charge is 0.313 e. The number of aromatic nitrogens is 3. The number of benzene rings is 1. The van der Waals surface area contributed by atoms with Crippen LogP contribution < -0.4 is 5.32 Å². The van der Waals surface area contributed by atoms with Gasteiger partial charge in [0.05, 0.1) is 0 Å². The molecule has 0 saturated heterocycles. The van der Waals surface area contributed by atoms with Gasteiger partial charge in [-0.1, -0.05) is 23.8 Å². The molecular formula is C16H24N4. The molecule has 1 aromatic heterocycles. The zero-order valence-corrected chi connectivity index (χ0v) is 13.0. The van der Waals surface area contributed by atoms with Crippen LogP contribution in [0, 0.1) is 13.8 Å². The molecule has 0 amide bonds. The molecule has 0 fully saturated rings. The molecule has 20 heavy (non-hydrogen) atoms. The third-order valence-corrected chi connectivity index (χ3v) is 3.68. The van der Waals surface area contributed by atoms with Crippen molar-refractivity contribution in [3.8, 4) is 0 Å². The molecule has 0 bridgehead atoms.